The number of ether oxygens (including phenoxy) is 1. The van der Waals surface area contributed by atoms with Gasteiger partial charge in [0, 0.05) is 6.20 Å². The molecule has 0 aliphatic carbocycles. The number of hydrogen-bond donors (Lipinski definition) is 0. The Bertz CT molecular complexity index is 276. The molecule has 0 saturated carbocycles. The van der Waals surface area contributed by atoms with Gasteiger partial charge in [0.15, 0.2) is 0 Å². The van der Waals surface area contributed by atoms with Crippen LogP contribution in [0.1, 0.15) is 6.92 Å². The predicted molar refractivity (Wildman–Crippen MR) is 50.0 cm³/mol. The Kier molecular flexibility index (Phi) is 3.73. The van der Waals surface area contributed by atoms with Gasteiger partial charge in [0.25, 0.3) is 0 Å². The molecule has 64 valence electrons. The highest BCUT2D eigenvalue weighted by molar-refractivity contribution is 9.10. The number of hydrogen-bond acceptors (Lipinski definition) is 3. The quantitative estimate of drug-likeness (QED) is 0.745. The van der Waals surface area contributed by atoms with Gasteiger partial charge < -0.3 is 4.74 Å². The molecule has 0 aromatic carbocycles. The van der Waals surface area contributed by atoms with Crippen LogP contribution >= 0.6 is 15.9 Å². The van der Waals surface area contributed by atoms with E-state index in [0.717, 1.165) is 4.47 Å². The summed E-state index contributed by atoms with van der Waals surface area (Å²) in [5, 5.41) is 0. The summed E-state index contributed by atoms with van der Waals surface area (Å²) in [7, 11) is 0. The lowest BCUT2D eigenvalue weighted by molar-refractivity contribution is 0.345. The van der Waals surface area contributed by atoms with Crippen LogP contribution < -0.4 is 4.74 Å². The lowest BCUT2D eigenvalue weighted by Crippen LogP contribution is -1.96. The van der Waals surface area contributed by atoms with Crippen molar-refractivity contribution in [1.29, 1.82) is 0 Å². The molecule has 1 aromatic heterocycles. The monoisotopic (exact) mass is 228 g/mol. The smallest absolute Gasteiger partial charge is 0.231 e. The number of rotatable bonds is 3. The molecule has 0 N–H and O–H groups in total. The van der Waals surface area contributed by atoms with E-state index in [1.54, 1.807) is 6.20 Å². The van der Waals surface area contributed by atoms with Gasteiger partial charge in [-0.25, -0.2) is 9.97 Å². The number of halogens is 1. The van der Waals surface area contributed by atoms with Crippen LogP contribution in [0.2, 0.25) is 0 Å². The topological polar surface area (TPSA) is 35.0 Å². The molecule has 0 fully saturated rings. The molecular weight excluding hydrogens is 220 g/mol. The summed E-state index contributed by atoms with van der Waals surface area (Å²) in [5.41, 5.74) is 0. The first-order valence-corrected chi connectivity index (χ1v) is 4.33. The molecule has 0 saturated heterocycles. The Morgan fingerprint density at radius 1 is 1.67 bits per heavy atom. The number of aromatic nitrogens is 2. The summed E-state index contributed by atoms with van der Waals surface area (Å²) in [6.07, 6.45) is 6.94. The first kappa shape index (κ1) is 9.19. The molecule has 0 amide bonds. The van der Waals surface area contributed by atoms with Gasteiger partial charge in [-0.05, 0) is 22.9 Å². The summed E-state index contributed by atoms with van der Waals surface area (Å²) in [6.45, 7) is 2.48. The van der Waals surface area contributed by atoms with Crippen molar-refractivity contribution in [2.24, 2.45) is 0 Å². The maximum atomic E-state index is 5.29. The van der Waals surface area contributed by atoms with Crippen LogP contribution in [0.4, 0.5) is 0 Å². The van der Waals surface area contributed by atoms with Crippen LogP contribution in [0, 0.1) is 0 Å². The maximum absolute atomic E-state index is 5.29. The summed E-state index contributed by atoms with van der Waals surface area (Å²) in [4.78, 5) is 7.75. The van der Waals surface area contributed by atoms with E-state index in [0.29, 0.717) is 12.5 Å². The number of allylic oxidation sites excluding steroid dienone is 1. The van der Waals surface area contributed by atoms with Crippen molar-refractivity contribution in [3.8, 4) is 5.88 Å². The molecule has 0 radical (unpaired) electrons. The third-order valence-corrected chi connectivity index (χ3v) is 1.73. The Hall–Kier alpha value is -0.900. The largest absolute Gasteiger partial charge is 0.473 e. The van der Waals surface area contributed by atoms with E-state index >= 15 is 0 Å². The second kappa shape index (κ2) is 4.87. The molecule has 0 bridgehead atoms. The fourth-order valence-electron chi connectivity index (χ4n) is 0.631. The van der Waals surface area contributed by atoms with Gasteiger partial charge in [0.1, 0.15) is 12.9 Å². The van der Waals surface area contributed by atoms with Crippen molar-refractivity contribution in [3.05, 3.63) is 29.1 Å². The lowest BCUT2D eigenvalue weighted by atomic mass is 10.5. The van der Waals surface area contributed by atoms with E-state index in [-0.39, 0.29) is 0 Å². The van der Waals surface area contributed by atoms with Gasteiger partial charge in [-0.3, -0.25) is 0 Å². The SMILES string of the molecule is C/C=C/COc1ncncc1Br. The van der Waals surface area contributed by atoms with Crippen molar-refractivity contribution < 1.29 is 4.74 Å². The van der Waals surface area contributed by atoms with Crippen LogP contribution in [0.3, 0.4) is 0 Å². The van der Waals surface area contributed by atoms with Gasteiger partial charge in [-0.2, -0.15) is 0 Å². The summed E-state index contributed by atoms with van der Waals surface area (Å²) in [5.74, 6) is 0.572. The molecule has 0 unspecified atom stereocenters. The van der Waals surface area contributed by atoms with E-state index in [9.17, 15) is 0 Å². The van der Waals surface area contributed by atoms with Gasteiger partial charge in [0.05, 0.1) is 4.47 Å². The second-order valence-corrected chi connectivity index (χ2v) is 2.91. The van der Waals surface area contributed by atoms with Crippen LogP contribution in [-0.4, -0.2) is 16.6 Å². The Morgan fingerprint density at radius 3 is 3.17 bits per heavy atom. The van der Waals surface area contributed by atoms with Crippen LogP contribution in [0.25, 0.3) is 0 Å². The molecule has 4 heteroatoms. The molecule has 0 aliphatic heterocycles. The fraction of sp³-hybridized carbons (Fsp3) is 0.250. The molecule has 12 heavy (non-hydrogen) atoms. The molecule has 3 nitrogen and oxygen atoms in total. The van der Waals surface area contributed by atoms with Crippen molar-refractivity contribution in [2.45, 2.75) is 6.92 Å². The molecule has 1 aromatic rings. The highest BCUT2D eigenvalue weighted by Gasteiger charge is 1.98. The maximum Gasteiger partial charge on any atom is 0.231 e. The van der Waals surface area contributed by atoms with Crippen molar-refractivity contribution in [2.75, 3.05) is 6.61 Å². The summed E-state index contributed by atoms with van der Waals surface area (Å²) >= 11 is 3.27. The molecule has 1 heterocycles. The van der Waals surface area contributed by atoms with Gasteiger partial charge >= 0.3 is 0 Å². The van der Waals surface area contributed by atoms with Gasteiger partial charge in [0.2, 0.25) is 5.88 Å². The van der Waals surface area contributed by atoms with E-state index in [1.165, 1.54) is 6.33 Å². The molecule has 0 spiro atoms. The highest BCUT2D eigenvalue weighted by atomic mass is 79.9. The van der Waals surface area contributed by atoms with E-state index in [2.05, 4.69) is 25.9 Å². The third-order valence-electron chi connectivity index (χ3n) is 1.19. The van der Waals surface area contributed by atoms with Crippen LogP contribution in [0.15, 0.2) is 29.1 Å². The van der Waals surface area contributed by atoms with Crippen molar-refractivity contribution in [3.63, 3.8) is 0 Å². The summed E-state index contributed by atoms with van der Waals surface area (Å²) < 4.78 is 6.07. The zero-order chi connectivity index (χ0) is 8.81. The first-order valence-electron chi connectivity index (χ1n) is 3.54. The van der Waals surface area contributed by atoms with Gasteiger partial charge in [-0.1, -0.05) is 12.2 Å². The Morgan fingerprint density at radius 2 is 2.50 bits per heavy atom. The third kappa shape index (κ3) is 2.62. The standard InChI is InChI=1S/C8H9BrN2O/c1-2-3-4-12-8-7(9)5-10-6-11-8/h2-3,5-6H,4H2,1H3/b3-2+. The normalized spacial score (nSPS) is 10.5. The average Bonchev–Trinajstić information content (AvgIpc) is 2.09. The molecule has 1 rings (SSSR count). The minimum absolute atomic E-state index is 0.534. The first-order chi connectivity index (χ1) is 5.84. The van der Waals surface area contributed by atoms with Crippen molar-refractivity contribution in [1.82, 2.24) is 9.97 Å². The molecular formula is C8H9BrN2O. The van der Waals surface area contributed by atoms with Crippen LogP contribution in [0.5, 0.6) is 5.88 Å². The van der Waals surface area contributed by atoms with E-state index in [4.69, 9.17) is 4.74 Å². The Balaban J connectivity index is 2.57. The summed E-state index contributed by atoms with van der Waals surface area (Å²) in [6, 6.07) is 0. The lowest BCUT2D eigenvalue weighted by Gasteiger charge is -2.01. The minimum Gasteiger partial charge on any atom is -0.473 e. The Labute approximate surface area is 79.6 Å². The molecule has 0 aliphatic rings. The highest BCUT2D eigenvalue weighted by Crippen LogP contribution is 2.19. The zero-order valence-corrected chi connectivity index (χ0v) is 8.28. The average molecular weight is 229 g/mol. The fourth-order valence-corrected chi connectivity index (χ4v) is 0.966. The zero-order valence-electron chi connectivity index (χ0n) is 6.70. The van der Waals surface area contributed by atoms with E-state index in [1.807, 2.05) is 19.1 Å². The van der Waals surface area contributed by atoms with E-state index < -0.39 is 0 Å². The molecule has 0 atom stereocenters. The number of nitrogens with zero attached hydrogens (tertiary/aromatic N) is 2. The van der Waals surface area contributed by atoms with Crippen molar-refractivity contribution >= 4 is 15.9 Å². The predicted octanol–water partition coefficient (Wildman–Crippen LogP) is 2.19. The van der Waals surface area contributed by atoms with Crippen LogP contribution in [-0.2, 0) is 0 Å². The minimum atomic E-state index is 0.534. The second-order valence-electron chi connectivity index (χ2n) is 2.06. The van der Waals surface area contributed by atoms with Gasteiger partial charge in [-0.15, -0.1) is 0 Å².